The molecule has 0 aromatic rings. The highest BCUT2D eigenvalue weighted by Gasteiger charge is 2.05. The number of ketones is 1. The normalized spacial score (nSPS) is 11.3. The zero-order valence-electron chi connectivity index (χ0n) is 10.9. The number of hydrogen-bond acceptors (Lipinski definition) is 2. The smallest absolute Gasteiger partial charge is 0.133 e. The number of nitrogens with zero attached hydrogens (tertiary/aromatic N) is 1. The van der Waals surface area contributed by atoms with E-state index in [9.17, 15) is 4.79 Å². The lowest BCUT2D eigenvalue weighted by molar-refractivity contribution is -0.119. The standard InChI is InChI=1S/C13H27NO/c1-5-14(6-2)10-8-7-9-13(15)11-12(3)4/h12H,5-11H2,1-4H3. The second-order valence-corrected chi connectivity index (χ2v) is 4.62. The first-order valence-electron chi connectivity index (χ1n) is 6.34. The van der Waals surface area contributed by atoms with E-state index < -0.39 is 0 Å². The van der Waals surface area contributed by atoms with Gasteiger partial charge in [0, 0.05) is 12.8 Å². The Balaban J connectivity index is 3.41. The van der Waals surface area contributed by atoms with Crippen LogP contribution in [-0.2, 0) is 4.79 Å². The van der Waals surface area contributed by atoms with Crippen LogP contribution in [0.1, 0.15) is 53.4 Å². The Morgan fingerprint density at radius 2 is 1.73 bits per heavy atom. The van der Waals surface area contributed by atoms with Crippen molar-refractivity contribution in [1.29, 1.82) is 0 Å². The molecule has 0 atom stereocenters. The third-order valence-corrected chi connectivity index (χ3v) is 2.71. The highest BCUT2D eigenvalue weighted by molar-refractivity contribution is 5.78. The lowest BCUT2D eigenvalue weighted by atomic mass is 10.0. The maximum atomic E-state index is 11.4. The maximum Gasteiger partial charge on any atom is 0.133 e. The third-order valence-electron chi connectivity index (χ3n) is 2.71. The summed E-state index contributed by atoms with van der Waals surface area (Å²) in [5.74, 6) is 0.949. The van der Waals surface area contributed by atoms with Gasteiger partial charge in [-0.25, -0.2) is 0 Å². The lowest BCUT2D eigenvalue weighted by Crippen LogP contribution is -2.24. The van der Waals surface area contributed by atoms with Gasteiger partial charge in [0.1, 0.15) is 5.78 Å². The molecular weight excluding hydrogens is 186 g/mol. The van der Waals surface area contributed by atoms with Crippen molar-refractivity contribution in [2.45, 2.75) is 53.4 Å². The van der Waals surface area contributed by atoms with Gasteiger partial charge >= 0.3 is 0 Å². The monoisotopic (exact) mass is 213 g/mol. The van der Waals surface area contributed by atoms with Crippen molar-refractivity contribution in [3.63, 3.8) is 0 Å². The number of carbonyl (C=O) groups excluding carboxylic acids is 1. The molecule has 0 fully saturated rings. The Morgan fingerprint density at radius 1 is 1.13 bits per heavy atom. The second kappa shape index (κ2) is 8.90. The van der Waals surface area contributed by atoms with Crippen LogP contribution in [0.3, 0.4) is 0 Å². The Labute approximate surface area is 95.0 Å². The Morgan fingerprint density at radius 3 is 2.20 bits per heavy atom. The largest absolute Gasteiger partial charge is 0.304 e. The summed E-state index contributed by atoms with van der Waals surface area (Å²) < 4.78 is 0. The van der Waals surface area contributed by atoms with Crippen molar-refractivity contribution in [3.05, 3.63) is 0 Å². The van der Waals surface area contributed by atoms with Crippen molar-refractivity contribution in [3.8, 4) is 0 Å². The molecule has 0 N–H and O–H groups in total. The van der Waals surface area contributed by atoms with Crippen LogP contribution >= 0.6 is 0 Å². The van der Waals surface area contributed by atoms with E-state index in [0.717, 1.165) is 45.3 Å². The van der Waals surface area contributed by atoms with Crippen LogP contribution in [0.15, 0.2) is 0 Å². The average Bonchev–Trinajstić information content (AvgIpc) is 2.17. The van der Waals surface area contributed by atoms with Gasteiger partial charge in [0.15, 0.2) is 0 Å². The van der Waals surface area contributed by atoms with Crippen molar-refractivity contribution in [2.75, 3.05) is 19.6 Å². The molecule has 0 rings (SSSR count). The molecule has 0 saturated heterocycles. The van der Waals surface area contributed by atoms with Gasteiger partial charge in [0.25, 0.3) is 0 Å². The molecule has 2 nitrogen and oxygen atoms in total. The zero-order chi connectivity index (χ0) is 11.7. The predicted octanol–water partition coefficient (Wildman–Crippen LogP) is 3.11. The molecule has 0 aliphatic rings. The van der Waals surface area contributed by atoms with E-state index >= 15 is 0 Å². The summed E-state index contributed by atoms with van der Waals surface area (Å²) in [7, 11) is 0. The van der Waals surface area contributed by atoms with E-state index in [2.05, 4.69) is 32.6 Å². The third kappa shape index (κ3) is 8.61. The van der Waals surface area contributed by atoms with Crippen LogP contribution in [0.25, 0.3) is 0 Å². The minimum absolute atomic E-state index is 0.435. The fourth-order valence-corrected chi connectivity index (χ4v) is 1.75. The number of carbonyl (C=O) groups is 1. The van der Waals surface area contributed by atoms with Crippen molar-refractivity contribution < 1.29 is 4.79 Å². The summed E-state index contributed by atoms with van der Waals surface area (Å²) >= 11 is 0. The van der Waals surface area contributed by atoms with Crippen molar-refractivity contribution in [1.82, 2.24) is 4.90 Å². The number of hydrogen-bond donors (Lipinski definition) is 0. The van der Waals surface area contributed by atoms with Crippen LogP contribution < -0.4 is 0 Å². The molecule has 0 aromatic heterocycles. The summed E-state index contributed by atoms with van der Waals surface area (Å²) in [5, 5.41) is 0. The molecule has 0 aromatic carbocycles. The fourth-order valence-electron chi connectivity index (χ4n) is 1.75. The van der Waals surface area contributed by atoms with Gasteiger partial charge in [-0.15, -0.1) is 0 Å². The molecule has 0 aliphatic carbocycles. The quantitative estimate of drug-likeness (QED) is 0.548. The molecule has 0 amide bonds. The molecule has 0 bridgehead atoms. The predicted molar refractivity (Wildman–Crippen MR) is 66.1 cm³/mol. The molecule has 0 radical (unpaired) electrons. The molecule has 0 saturated carbocycles. The number of unbranched alkanes of at least 4 members (excludes halogenated alkanes) is 1. The first-order valence-corrected chi connectivity index (χ1v) is 6.34. The minimum Gasteiger partial charge on any atom is -0.304 e. The van der Waals surface area contributed by atoms with Gasteiger partial charge in [0.2, 0.25) is 0 Å². The Kier molecular flexibility index (Phi) is 8.68. The van der Waals surface area contributed by atoms with E-state index in [-0.39, 0.29) is 0 Å². The first-order chi connectivity index (χ1) is 7.10. The van der Waals surface area contributed by atoms with Gasteiger partial charge in [-0.1, -0.05) is 27.7 Å². The SMILES string of the molecule is CCN(CC)CCCCC(=O)CC(C)C. The van der Waals surface area contributed by atoms with Gasteiger partial charge in [-0.3, -0.25) is 4.79 Å². The summed E-state index contributed by atoms with van der Waals surface area (Å²) in [4.78, 5) is 13.8. The molecule has 0 spiro atoms. The highest BCUT2D eigenvalue weighted by Crippen LogP contribution is 2.06. The van der Waals surface area contributed by atoms with E-state index in [4.69, 9.17) is 0 Å². The first kappa shape index (κ1) is 14.6. The summed E-state index contributed by atoms with van der Waals surface area (Å²) in [6.07, 6.45) is 3.75. The second-order valence-electron chi connectivity index (χ2n) is 4.62. The van der Waals surface area contributed by atoms with Crippen molar-refractivity contribution in [2.24, 2.45) is 5.92 Å². The minimum atomic E-state index is 0.435. The highest BCUT2D eigenvalue weighted by atomic mass is 16.1. The maximum absolute atomic E-state index is 11.4. The molecule has 0 aliphatic heterocycles. The van der Waals surface area contributed by atoms with Gasteiger partial charge in [-0.2, -0.15) is 0 Å². The fraction of sp³-hybridized carbons (Fsp3) is 0.923. The van der Waals surface area contributed by atoms with Crippen LogP contribution in [0.4, 0.5) is 0 Å². The zero-order valence-corrected chi connectivity index (χ0v) is 10.9. The lowest BCUT2D eigenvalue weighted by Gasteiger charge is -2.17. The van der Waals surface area contributed by atoms with Gasteiger partial charge in [-0.05, 0) is 38.4 Å². The van der Waals surface area contributed by atoms with Crippen LogP contribution in [-0.4, -0.2) is 30.3 Å². The number of Topliss-reactive ketones (excluding diaryl/α,β-unsaturated/α-hetero) is 1. The van der Waals surface area contributed by atoms with E-state index in [0.29, 0.717) is 11.7 Å². The topological polar surface area (TPSA) is 20.3 Å². The van der Waals surface area contributed by atoms with E-state index in [1.807, 2.05) is 0 Å². The van der Waals surface area contributed by atoms with Crippen LogP contribution in [0.5, 0.6) is 0 Å². The van der Waals surface area contributed by atoms with Gasteiger partial charge in [0.05, 0.1) is 0 Å². The van der Waals surface area contributed by atoms with E-state index in [1.54, 1.807) is 0 Å². The molecule has 90 valence electrons. The summed E-state index contributed by atoms with van der Waals surface area (Å²) in [5.41, 5.74) is 0. The summed E-state index contributed by atoms with van der Waals surface area (Å²) in [6.45, 7) is 12.0. The molecular formula is C13H27NO. The Bertz CT molecular complexity index is 162. The van der Waals surface area contributed by atoms with Crippen LogP contribution in [0.2, 0.25) is 0 Å². The van der Waals surface area contributed by atoms with E-state index in [1.165, 1.54) is 0 Å². The summed E-state index contributed by atoms with van der Waals surface area (Å²) in [6, 6.07) is 0. The van der Waals surface area contributed by atoms with Crippen molar-refractivity contribution >= 4 is 5.78 Å². The molecule has 0 heterocycles. The molecule has 0 unspecified atom stereocenters. The Hall–Kier alpha value is -0.370. The van der Waals surface area contributed by atoms with Crippen LogP contribution in [0, 0.1) is 5.92 Å². The average molecular weight is 213 g/mol. The van der Waals surface area contributed by atoms with Gasteiger partial charge < -0.3 is 4.90 Å². The number of rotatable bonds is 9. The molecule has 15 heavy (non-hydrogen) atoms. The molecule has 2 heteroatoms.